The summed E-state index contributed by atoms with van der Waals surface area (Å²) in [7, 11) is -3.61. The van der Waals surface area contributed by atoms with E-state index in [4.69, 9.17) is 5.73 Å². The summed E-state index contributed by atoms with van der Waals surface area (Å²) in [5.74, 6) is -0.747. The molecule has 0 radical (unpaired) electrons. The Bertz CT molecular complexity index is 714. The molecule has 0 unspecified atom stereocenters. The first-order valence-electron chi connectivity index (χ1n) is 5.57. The third kappa shape index (κ3) is 2.90. The normalized spacial score (nSPS) is 11.5. The number of aromatic nitrogens is 1. The monoisotopic (exact) mass is 280 g/mol. The lowest BCUT2D eigenvalue weighted by Gasteiger charge is -2.09. The van der Waals surface area contributed by atoms with Crippen molar-refractivity contribution in [3.05, 3.63) is 53.6 Å². The predicted molar refractivity (Wildman–Crippen MR) is 70.7 cm³/mol. The van der Waals surface area contributed by atoms with Crippen LogP contribution in [0.3, 0.4) is 0 Å². The molecule has 0 saturated heterocycles. The van der Waals surface area contributed by atoms with Gasteiger partial charge in [-0.05, 0) is 36.2 Å². The molecule has 0 atom stereocenters. The van der Waals surface area contributed by atoms with Crippen LogP contribution in [-0.2, 0) is 15.6 Å². The van der Waals surface area contributed by atoms with E-state index in [-0.39, 0.29) is 16.3 Å². The van der Waals surface area contributed by atoms with Crippen LogP contribution in [0.15, 0.2) is 41.6 Å². The fourth-order valence-corrected chi connectivity index (χ4v) is 3.31. The van der Waals surface area contributed by atoms with Crippen molar-refractivity contribution in [3.8, 4) is 0 Å². The van der Waals surface area contributed by atoms with Crippen molar-refractivity contribution in [1.82, 2.24) is 4.98 Å². The van der Waals surface area contributed by atoms with E-state index in [2.05, 4.69) is 4.98 Å². The van der Waals surface area contributed by atoms with E-state index >= 15 is 0 Å². The van der Waals surface area contributed by atoms with Crippen molar-refractivity contribution >= 4 is 15.5 Å². The van der Waals surface area contributed by atoms with Crippen molar-refractivity contribution in [1.29, 1.82) is 0 Å². The summed E-state index contributed by atoms with van der Waals surface area (Å²) < 4.78 is 37.7. The van der Waals surface area contributed by atoms with E-state index in [0.29, 0.717) is 5.56 Å². The molecule has 2 aromatic rings. The van der Waals surface area contributed by atoms with Gasteiger partial charge in [0, 0.05) is 6.20 Å². The molecule has 19 heavy (non-hydrogen) atoms. The lowest BCUT2D eigenvalue weighted by molar-refractivity contribution is 0.594. The van der Waals surface area contributed by atoms with Gasteiger partial charge in [0.05, 0.1) is 22.5 Å². The van der Waals surface area contributed by atoms with Gasteiger partial charge in [-0.15, -0.1) is 0 Å². The van der Waals surface area contributed by atoms with Gasteiger partial charge in [-0.3, -0.25) is 4.98 Å². The van der Waals surface area contributed by atoms with Gasteiger partial charge >= 0.3 is 0 Å². The molecule has 0 aliphatic rings. The minimum atomic E-state index is -3.61. The summed E-state index contributed by atoms with van der Waals surface area (Å²) in [6.45, 7) is 1.74. The molecule has 0 saturated carbocycles. The molecule has 4 nitrogen and oxygen atoms in total. The highest BCUT2D eigenvalue weighted by molar-refractivity contribution is 7.90. The molecule has 0 amide bonds. The molecule has 0 fully saturated rings. The Kier molecular flexibility index (Phi) is 3.53. The van der Waals surface area contributed by atoms with Crippen LogP contribution in [0, 0.1) is 12.7 Å². The first-order valence-corrected chi connectivity index (χ1v) is 7.22. The fourth-order valence-electron chi connectivity index (χ4n) is 1.76. The maximum atomic E-state index is 13.2. The number of nitrogen functional groups attached to an aromatic ring is 1. The van der Waals surface area contributed by atoms with Gasteiger partial charge in [0.1, 0.15) is 5.82 Å². The molecule has 0 bridgehead atoms. The fraction of sp³-hybridized carbons (Fsp3) is 0.154. The van der Waals surface area contributed by atoms with Crippen molar-refractivity contribution < 1.29 is 12.8 Å². The van der Waals surface area contributed by atoms with Gasteiger partial charge in [0.15, 0.2) is 9.84 Å². The largest absolute Gasteiger partial charge is 0.396 e. The van der Waals surface area contributed by atoms with E-state index in [1.807, 2.05) is 0 Å². The van der Waals surface area contributed by atoms with E-state index in [1.54, 1.807) is 13.0 Å². The number of anilines is 1. The van der Waals surface area contributed by atoms with Crippen LogP contribution in [0.5, 0.6) is 0 Å². The number of benzene rings is 1. The number of aryl methyl sites for hydroxylation is 1. The van der Waals surface area contributed by atoms with Crippen LogP contribution in [-0.4, -0.2) is 13.4 Å². The topological polar surface area (TPSA) is 73.0 Å². The van der Waals surface area contributed by atoms with Crippen LogP contribution in [0.25, 0.3) is 0 Å². The van der Waals surface area contributed by atoms with Crippen molar-refractivity contribution in [3.63, 3.8) is 0 Å². The Hall–Kier alpha value is -1.95. The highest BCUT2D eigenvalue weighted by Gasteiger charge is 2.19. The van der Waals surface area contributed by atoms with E-state index < -0.39 is 15.7 Å². The lowest BCUT2D eigenvalue weighted by atomic mass is 10.1. The van der Waals surface area contributed by atoms with Crippen LogP contribution in [0.1, 0.15) is 11.1 Å². The molecule has 1 aromatic carbocycles. The SMILES string of the molecule is Cc1ccc(F)cc1CS(=O)(=O)c1ccncc1N. The maximum absolute atomic E-state index is 13.2. The molecule has 2 N–H and O–H groups in total. The Labute approximate surface area is 111 Å². The number of hydrogen-bond acceptors (Lipinski definition) is 4. The van der Waals surface area contributed by atoms with Gasteiger partial charge in [-0.2, -0.15) is 0 Å². The first kappa shape index (κ1) is 13.5. The highest BCUT2D eigenvalue weighted by Crippen LogP contribution is 2.23. The van der Waals surface area contributed by atoms with Crippen LogP contribution < -0.4 is 5.73 Å². The van der Waals surface area contributed by atoms with Crippen molar-refractivity contribution in [2.45, 2.75) is 17.6 Å². The first-order chi connectivity index (χ1) is 8.90. The van der Waals surface area contributed by atoms with Crippen molar-refractivity contribution in [2.75, 3.05) is 5.73 Å². The van der Waals surface area contributed by atoms with Gasteiger partial charge < -0.3 is 5.73 Å². The highest BCUT2D eigenvalue weighted by atomic mass is 32.2. The molecule has 0 aliphatic heterocycles. The van der Waals surface area contributed by atoms with Gasteiger partial charge in [-0.1, -0.05) is 6.07 Å². The second kappa shape index (κ2) is 4.97. The second-order valence-electron chi connectivity index (χ2n) is 4.24. The summed E-state index contributed by atoms with van der Waals surface area (Å²) in [6.07, 6.45) is 2.65. The molecular weight excluding hydrogens is 267 g/mol. The third-order valence-corrected chi connectivity index (χ3v) is 4.53. The Morgan fingerprint density at radius 1 is 1.32 bits per heavy atom. The summed E-state index contributed by atoms with van der Waals surface area (Å²) >= 11 is 0. The number of rotatable bonds is 3. The molecule has 6 heteroatoms. The van der Waals surface area contributed by atoms with Gasteiger partial charge in [-0.25, -0.2) is 12.8 Å². The van der Waals surface area contributed by atoms with Gasteiger partial charge in [0.25, 0.3) is 0 Å². The lowest BCUT2D eigenvalue weighted by Crippen LogP contribution is -2.09. The zero-order chi connectivity index (χ0) is 14.0. The molecule has 0 spiro atoms. The van der Waals surface area contributed by atoms with Crippen LogP contribution in [0.2, 0.25) is 0 Å². The van der Waals surface area contributed by atoms with Crippen LogP contribution in [0.4, 0.5) is 10.1 Å². The maximum Gasteiger partial charge on any atom is 0.184 e. The van der Waals surface area contributed by atoms with Crippen molar-refractivity contribution in [2.24, 2.45) is 0 Å². The zero-order valence-corrected chi connectivity index (χ0v) is 11.1. The summed E-state index contributed by atoms with van der Waals surface area (Å²) in [5.41, 5.74) is 6.85. The second-order valence-corrected chi connectivity index (χ2v) is 6.20. The molecule has 2 rings (SSSR count). The summed E-state index contributed by atoms with van der Waals surface area (Å²) in [5, 5.41) is 0. The van der Waals surface area contributed by atoms with E-state index in [9.17, 15) is 12.8 Å². The number of halogens is 1. The number of sulfone groups is 1. The Balaban J connectivity index is 2.43. The van der Waals surface area contributed by atoms with Crippen LogP contribution >= 0.6 is 0 Å². The Morgan fingerprint density at radius 2 is 2.05 bits per heavy atom. The number of hydrogen-bond donors (Lipinski definition) is 1. The molecular formula is C13H13FN2O2S. The summed E-state index contributed by atoms with van der Waals surface area (Å²) in [6, 6.07) is 5.42. The quantitative estimate of drug-likeness (QED) is 0.934. The standard InChI is InChI=1S/C13H13FN2O2S/c1-9-2-3-11(14)6-10(9)8-19(17,18)13-4-5-16-7-12(13)15/h2-7H,8,15H2,1H3. The smallest absolute Gasteiger partial charge is 0.184 e. The Morgan fingerprint density at radius 3 is 2.74 bits per heavy atom. The minimum Gasteiger partial charge on any atom is -0.396 e. The van der Waals surface area contributed by atoms with E-state index in [0.717, 1.165) is 5.56 Å². The minimum absolute atomic E-state index is 0.0196. The summed E-state index contributed by atoms with van der Waals surface area (Å²) in [4.78, 5) is 3.77. The average molecular weight is 280 g/mol. The number of nitrogens with zero attached hydrogens (tertiary/aromatic N) is 1. The third-order valence-electron chi connectivity index (χ3n) is 2.80. The average Bonchev–Trinajstić information content (AvgIpc) is 2.34. The van der Waals surface area contributed by atoms with Gasteiger partial charge in [0.2, 0.25) is 0 Å². The molecule has 0 aliphatic carbocycles. The zero-order valence-electron chi connectivity index (χ0n) is 10.3. The van der Waals surface area contributed by atoms with E-state index in [1.165, 1.54) is 30.6 Å². The number of nitrogens with two attached hydrogens (primary N) is 1. The predicted octanol–water partition coefficient (Wildman–Crippen LogP) is 2.09. The molecule has 100 valence electrons. The number of pyridine rings is 1. The molecule has 1 heterocycles. The molecule has 1 aromatic heterocycles.